The van der Waals surface area contributed by atoms with Crippen molar-refractivity contribution in [3.8, 4) is 0 Å². The minimum absolute atomic E-state index is 0.580. The van der Waals surface area contributed by atoms with Gasteiger partial charge in [-0.25, -0.2) is 0 Å². The molecule has 0 aliphatic carbocycles. The minimum atomic E-state index is 0.580. The van der Waals surface area contributed by atoms with E-state index in [4.69, 9.17) is 28.4 Å². The lowest BCUT2D eigenvalue weighted by Gasteiger charge is -2.21. The monoisotopic (exact) mass is 307 g/mol. The average molecular weight is 307 g/mol. The van der Waals surface area contributed by atoms with Gasteiger partial charge in [0.2, 0.25) is 0 Å². The first-order valence-electron chi connectivity index (χ1n) is 7.53. The van der Waals surface area contributed by atoms with E-state index in [1.807, 2.05) is 0 Å². The number of hydrogen-bond donors (Lipinski definition) is 0. The Morgan fingerprint density at radius 3 is 1.29 bits per heavy atom. The molecule has 0 saturated carbocycles. The third-order valence-electron chi connectivity index (χ3n) is 2.90. The highest BCUT2D eigenvalue weighted by atomic mass is 16.6. The van der Waals surface area contributed by atoms with Crippen molar-refractivity contribution >= 4 is 0 Å². The molecule has 0 radical (unpaired) electrons. The highest BCUT2D eigenvalue weighted by molar-refractivity contribution is 4.52. The number of ether oxygens (including phenoxy) is 6. The van der Waals surface area contributed by atoms with E-state index in [0.29, 0.717) is 72.8 Å². The Bertz CT molecular complexity index is 202. The van der Waals surface area contributed by atoms with Crippen LogP contribution in [0.5, 0.6) is 0 Å². The van der Waals surface area contributed by atoms with Crippen molar-refractivity contribution in [1.29, 1.82) is 0 Å². The zero-order valence-corrected chi connectivity index (χ0v) is 13.1. The van der Waals surface area contributed by atoms with Crippen LogP contribution in [-0.4, -0.2) is 97.9 Å². The second kappa shape index (κ2) is 14.6. The van der Waals surface area contributed by atoms with Crippen LogP contribution < -0.4 is 0 Å². The molecular weight excluding hydrogens is 278 g/mol. The molecule has 1 aliphatic rings. The summed E-state index contributed by atoms with van der Waals surface area (Å²) in [4.78, 5) is 2.15. The third kappa shape index (κ3) is 12.0. The molecule has 0 atom stereocenters. The van der Waals surface area contributed by atoms with Gasteiger partial charge in [-0.05, 0) is 0 Å². The molecule has 0 spiro atoms. The van der Waals surface area contributed by atoms with Gasteiger partial charge in [0.25, 0.3) is 0 Å². The molecule has 1 aliphatic heterocycles. The van der Waals surface area contributed by atoms with E-state index in [9.17, 15) is 0 Å². The molecule has 7 heteroatoms. The normalized spacial score (nSPS) is 23.3. The van der Waals surface area contributed by atoms with Crippen LogP contribution in [-0.2, 0) is 28.4 Å². The molecule has 0 aromatic rings. The van der Waals surface area contributed by atoms with Gasteiger partial charge in [-0.3, -0.25) is 4.90 Å². The number of rotatable bonds is 2. The molecule has 0 unspecified atom stereocenters. The number of nitrogens with zero attached hydrogens (tertiary/aromatic N) is 1. The molecule has 1 rings (SSSR count). The van der Waals surface area contributed by atoms with Crippen molar-refractivity contribution in [2.45, 2.75) is 0 Å². The minimum Gasteiger partial charge on any atom is -0.378 e. The SMILES string of the molecule is COCN1CCOCCOCCOCCOCCOCC1. The molecule has 7 nitrogen and oxygen atoms in total. The fraction of sp³-hybridized carbons (Fsp3) is 1.00. The first-order chi connectivity index (χ1) is 10.4. The summed E-state index contributed by atoms with van der Waals surface area (Å²) in [5, 5.41) is 0. The van der Waals surface area contributed by atoms with Gasteiger partial charge < -0.3 is 28.4 Å². The first kappa shape index (κ1) is 18.8. The molecular formula is C14H29NO6. The van der Waals surface area contributed by atoms with Crippen molar-refractivity contribution in [3.05, 3.63) is 0 Å². The summed E-state index contributed by atoms with van der Waals surface area (Å²) in [5.41, 5.74) is 0. The molecule has 0 aromatic heterocycles. The van der Waals surface area contributed by atoms with Crippen LogP contribution in [0.25, 0.3) is 0 Å². The maximum Gasteiger partial charge on any atom is 0.0987 e. The van der Waals surface area contributed by atoms with E-state index >= 15 is 0 Å². The Morgan fingerprint density at radius 1 is 0.619 bits per heavy atom. The van der Waals surface area contributed by atoms with Gasteiger partial charge in [-0.15, -0.1) is 0 Å². The lowest BCUT2D eigenvalue weighted by molar-refractivity contribution is -0.0277. The summed E-state index contributed by atoms with van der Waals surface area (Å²) >= 11 is 0. The predicted molar refractivity (Wildman–Crippen MR) is 77.5 cm³/mol. The zero-order valence-electron chi connectivity index (χ0n) is 13.1. The lowest BCUT2D eigenvalue weighted by atomic mass is 10.5. The summed E-state index contributed by atoms with van der Waals surface area (Å²) < 4.78 is 32.4. The highest BCUT2D eigenvalue weighted by Crippen LogP contribution is 1.92. The van der Waals surface area contributed by atoms with Crippen molar-refractivity contribution in [2.75, 3.05) is 93.0 Å². The molecule has 0 amide bonds. The van der Waals surface area contributed by atoms with Crippen LogP contribution in [0.4, 0.5) is 0 Å². The summed E-state index contributed by atoms with van der Waals surface area (Å²) in [7, 11) is 1.69. The quantitative estimate of drug-likeness (QED) is 0.711. The summed E-state index contributed by atoms with van der Waals surface area (Å²) in [6, 6.07) is 0. The van der Waals surface area contributed by atoms with Gasteiger partial charge in [0, 0.05) is 20.2 Å². The standard InChI is InChI=1S/C14H29NO6/c1-16-14-15-2-4-17-6-8-19-10-12-21-13-11-20-9-7-18-5-3-15/h2-14H2,1H3. The van der Waals surface area contributed by atoms with Crippen molar-refractivity contribution < 1.29 is 28.4 Å². The van der Waals surface area contributed by atoms with Crippen molar-refractivity contribution in [3.63, 3.8) is 0 Å². The van der Waals surface area contributed by atoms with Gasteiger partial charge in [0.05, 0.1) is 72.8 Å². The number of methoxy groups -OCH3 is 1. The maximum atomic E-state index is 5.53. The van der Waals surface area contributed by atoms with Crippen molar-refractivity contribution in [2.24, 2.45) is 0 Å². The van der Waals surface area contributed by atoms with Crippen LogP contribution in [0, 0.1) is 0 Å². The van der Waals surface area contributed by atoms with E-state index in [1.54, 1.807) is 7.11 Å². The fourth-order valence-corrected chi connectivity index (χ4v) is 1.79. The van der Waals surface area contributed by atoms with Gasteiger partial charge >= 0.3 is 0 Å². The smallest absolute Gasteiger partial charge is 0.0987 e. The zero-order chi connectivity index (χ0) is 15.0. The van der Waals surface area contributed by atoms with Crippen molar-refractivity contribution in [1.82, 2.24) is 4.90 Å². The van der Waals surface area contributed by atoms with E-state index in [1.165, 1.54) is 0 Å². The second-order valence-corrected chi connectivity index (χ2v) is 4.60. The summed E-state index contributed by atoms with van der Waals surface area (Å²) in [6.07, 6.45) is 0. The second-order valence-electron chi connectivity index (χ2n) is 4.60. The van der Waals surface area contributed by atoms with Gasteiger partial charge in [-0.2, -0.15) is 0 Å². The van der Waals surface area contributed by atoms with Crippen LogP contribution in [0.15, 0.2) is 0 Å². The van der Waals surface area contributed by atoms with Crippen LogP contribution in [0.1, 0.15) is 0 Å². The van der Waals surface area contributed by atoms with Gasteiger partial charge in [-0.1, -0.05) is 0 Å². The van der Waals surface area contributed by atoms with Crippen LogP contribution in [0.3, 0.4) is 0 Å². The molecule has 1 heterocycles. The van der Waals surface area contributed by atoms with E-state index < -0.39 is 0 Å². The van der Waals surface area contributed by atoms with E-state index in [2.05, 4.69) is 4.90 Å². The van der Waals surface area contributed by atoms with E-state index in [-0.39, 0.29) is 0 Å². The number of hydrogen-bond acceptors (Lipinski definition) is 7. The largest absolute Gasteiger partial charge is 0.378 e. The third-order valence-corrected chi connectivity index (χ3v) is 2.90. The Kier molecular flexibility index (Phi) is 13.1. The van der Waals surface area contributed by atoms with E-state index in [0.717, 1.165) is 13.1 Å². The average Bonchev–Trinajstić information content (AvgIpc) is 2.49. The van der Waals surface area contributed by atoms with Gasteiger partial charge in [0.1, 0.15) is 0 Å². The summed E-state index contributed by atoms with van der Waals surface area (Å²) in [6.45, 7) is 8.25. The Morgan fingerprint density at radius 2 is 0.952 bits per heavy atom. The molecule has 1 fully saturated rings. The molecule has 21 heavy (non-hydrogen) atoms. The maximum absolute atomic E-state index is 5.53. The van der Waals surface area contributed by atoms with Gasteiger partial charge in [0.15, 0.2) is 0 Å². The topological polar surface area (TPSA) is 58.6 Å². The Hall–Kier alpha value is -0.280. The fourth-order valence-electron chi connectivity index (χ4n) is 1.79. The molecule has 126 valence electrons. The molecule has 1 saturated heterocycles. The summed E-state index contributed by atoms with van der Waals surface area (Å²) in [5.74, 6) is 0. The van der Waals surface area contributed by atoms with Crippen LogP contribution in [0.2, 0.25) is 0 Å². The Balaban J connectivity index is 2.18. The molecule has 0 N–H and O–H groups in total. The first-order valence-corrected chi connectivity index (χ1v) is 7.53. The van der Waals surface area contributed by atoms with Crippen LogP contribution >= 0.6 is 0 Å². The lowest BCUT2D eigenvalue weighted by Crippen LogP contribution is -2.33. The predicted octanol–water partition coefficient (Wildman–Crippen LogP) is -0.0111. The highest BCUT2D eigenvalue weighted by Gasteiger charge is 2.04. The Labute approximate surface area is 127 Å². The molecule has 0 bridgehead atoms. The molecule has 0 aromatic carbocycles.